The molecule has 0 fully saturated rings. The summed E-state index contributed by atoms with van der Waals surface area (Å²) in [4.78, 5) is 10.7. The summed E-state index contributed by atoms with van der Waals surface area (Å²) >= 11 is 0. The van der Waals surface area contributed by atoms with Gasteiger partial charge in [-0.2, -0.15) is 5.26 Å². The second kappa shape index (κ2) is 13.7. The maximum Gasteiger partial charge on any atom is 0.0991 e. The van der Waals surface area contributed by atoms with Crippen molar-refractivity contribution in [3.63, 3.8) is 0 Å². The number of hydrogen-bond donors (Lipinski definition) is 0. The minimum absolute atomic E-state index is 0.667. The average Bonchev–Trinajstić information content (AvgIpc) is 3.21. The minimum Gasteiger partial charge on any atom is -0.243 e. The van der Waals surface area contributed by atoms with Gasteiger partial charge >= 0.3 is 0 Å². The highest BCUT2D eigenvalue weighted by Crippen LogP contribution is 2.38. The van der Waals surface area contributed by atoms with Gasteiger partial charge in [0.25, 0.3) is 0 Å². The third-order valence-corrected chi connectivity index (χ3v) is 8.98. The molecule has 50 heavy (non-hydrogen) atoms. The van der Waals surface area contributed by atoms with Crippen LogP contribution in [-0.2, 0) is 0 Å². The van der Waals surface area contributed by atoms with Crippen molar-refractivity contribution in [3.05, 3.63) is 194 Å². The zero-order valence-corrected chi connectivity index (χ0v) is 27.2. The van der Waals surface area contributed by atoms with Crippen LogP contribution in [0.2, 0.25) is 0 Å². The maximum absolute atomic E-state index is 9.09. The largest absolute Gasteiger partial charge is 0.243 e. The summed E-state index contributed by atoms with van der Waals surface area (Å²) in [7, 11) is 0. The number of nitriles is 1. The van der Waals surface area contributed by atoms with Gasteiger partial charge < -0.3 is 0 Å². The molecule has 0 unspecified atom stereocenters. The SMILES string of the molecule is N#Cc1ccc(-c2ccc(-c3ccc(-c4ccc(-c5nc(-c6ccccc6)c(-c6ccccc6)nc5-c5ccccc5)cc4)cc3)cc2)cc1. The van der Waals surface area contributed by atoms with E-state index in [1.54, 1.807) is 0 Å². The summed E-state index contributed by atoms with van der Waals surface area (Å²) in [5.41, 5.74) is 15.0. The second-order valence-electron chi connectivity index (χ2n) is 12.1. The van der Waals surface area contributed by atoms with Crippen LogP contribution in [0.5, 0.6) is 0 Å². The Morgan fingerprint density at radius 3 is 0.740 bits per heavy atom. The van der Waals surface area contributed by atoms with Crippen molar-refractivity contribution < 1.29 is 0 Å². The normalized spacial score (nSPS) is 10.8. The summed E-state index contributed by atoms with van der Waals surface area (Å²) in [6.45, 7) is 0. The van der Waals surface area contributed by atoms with Crippen LogP contribution in [0.25, 0.3) is 78.4 Å². The summed E-state index contributed by atoms with van der Waals surface area (Å²) < 4.78 is 0. The van der Waals surface area contributed by atoms with Gasteiger partial charge in [0.05, 0.1) is 34.4 Å². The van der Waals surface area contributed by atoms with E-state index >= 15 is 0 Å². The Labute approximate surface area is 292 Å². The van der Waals surface area contributed by atoms with Crippen molar-refractivity contribution in [2.24, 2.45) is 0 Å². The van der Waals surface area contributed by atoms with E-state index in [0.717, 1.165) is 78.4 Å². The van der Waals surface area contributed by atoms with Gasteiger partial charge in [0.15, 0.2) is 0 Å². The molecule has 0 N–H and O–H groups in total. The molecule has 3 nitrogen and oxygen atoms in total. The van der Waals surface area contributed by atoms with E-state index in [2.05, 4.69) is 115 Å². The minimum atomic E-state index is 0.667. The van der Waals surface area contributed by atoms with Crippen LogP contribution < -0.4 is 0 Å². The van der Waals surface area contributed by atoms with E-state index < -0.39 is 0 Å². The van der Waals surface area contributed by atoms with Crippen LogP contribution in [0, 0.1) is 11.3 Å². The molecule has 1 aromatic heterocycles. The predicted molar refractivity (Wildman–Crippen MR) is 205 cm³/mol. The molecule has 0 aliphatic heterocycles. The van der Waals surface area contributed by atoms with Crippen LogP contribution in [0.1, 0.15) is 5.56 Å². The highest BCUT2D eigenvalue weighted by Gasteiger charge is 2.19. The van der Waals surface area contributed by atoms with Gasteiger partial charge in [0.2, 0.25) is 0 Å². The molecule has 0 bridgehead atoms. The lowest BCUT2D eigenvalue weighted by Gasteiger charge is -2.16. The highest BCUT2D eigenvalue weighted by atomic mass is 14.9. The number of nitrogens with zero attached hydrogens (tertiary/aromatic N) is 3. The Hall–Kier alpha value is -6.89. The Kier molecular flexibility index (Phi) is 8.33. The molecule has 234 valence electrons. The smallest absolute Gasteiger partial charge is 0.0991 e. The lowest BCUT2D eigenvalue weighted by Crippen LogP contribution is -2.00. The maximum atomic E-state index is 9.09. The standard InChI is InChI=1S/C47H31N3/c48-32-33-16-18-34(19-17-33)35-20-22-36(23-21-35)37-24-26-38(27-25-37)39-28-30-43(31-29-39)47-46(42-14-8-3-9-15-42)49-44(40-10-4-1-5-11-40)45(50-47)41-12-6-2-7-13-41/h1-31H. The Morgan fingerprint density at radius 1 is 0.260 bits per heavy atom. The van der Waals surface area contributed by atoms with E-state index in [9.17, 15) is 0 Å². The van der Waals surface area contributed by atoms with Gasteiger partial charge in [0, 0.05) is 22.3 Å². The zero-order valence-electron chi connectivity index (χ0n) is 27.2. The fourth-order valence-electron chi connectivity index (χ4n) is 6.30. The van der Waals surface area contributed by atoms with Crippen molar-refractivity contribution in [3.8, 4) is 84.5 Å². The Bertz CT molecular complexity index is 2410. The van der Waals surface area contributed by atoms with Crippen molar-refractivity contribution in [1.82, 2.24) is 9.97 Å². The Balaban J connectivity index is 1.12. The third-order valence-electron chi connectivity index (χ3n) is 8.98. The van der Waals surface area contributed by atoms with Gasteiger partial charge in [-0.05, 0) is 45.5 Å². The van der Waals surface area contributed by atoms with Crippen LogP contribution in [0.15, 0.2) is 188 Å². The quantitative estimate of drug-likeness (QED) is 0.175. The van der Waals surface area contributed by atoms with Gasteiger partial charge in [-0.1, -0.05) is 176 Å². The van der Waals surface area contributed by atoms with Crippen molar-refractivity contribution >= 4 is 0 Å². The summed E-state index contributed by atoms with van der Waals surface area (Å²) in [5, 5.41) is 9.09. The summed E-state index contributed by atoms with van der Waals surface area (Å²) in [6.07, 6.45) is 0. The molecule has 0 aliphatic rings. The molecule has 8 rings (SSSR count). The first-order valence-electron chi connectivity index (χ1n) is 16.6. The van der Waals surface area contributed by atoms with Gasteiger partial charge in [-0.15, -0.1) is 0 Å². The van der Waals surface area contributed by atoms with E-state index in [1.165, 1.54) is 0 Å². The first-order valence-corrected chi connectivity index (χ1v) is 16.6. The van der Waals surface area contributed by atoms with Gasteiger partial charge in [0.1, 0.15) is 0 Å². The summed E-state index contributed by atoms with van der Waals surface area (Å²) in [5.74, 6) is 0. The molecule has 0 aliphatic carbocycles. The van der Waals surface area contributed by atoms with E-state index in [-0.39, 0.29) is 0 Å². The number of aromatic nitrogens is 2. The molecule has 0 saturated heterocycles. The topological polar surface area (TPSA) is 49.6 Å². The third kappa shape index (κ3) is 6.22. The summed E-state index contributed by atoms with van der Waals surface area (Å²) in [6, 6.07) is 66.7. The van der Waals surface area contributed by atoms with E-state index in [0.29, 0.717) is 5.56 Å². The lowest BCUT2D eigenvalue weighted by atomic mass is 9.96. The molecule has 3 heteroatoms. The fraction of sp³-hybridized carbons (Fsp3) is 0. The predicted octanol–water partition coefficient (Wildman–Crippen LogP) is 12.0. The van der Waals surface area contributed by atoms with E-state index in [4.69, 9.17) is 15.2 Å². The van der Waals surface area contributed by atoms with Crippen molar-refractivity contribution in [1.29, 1.82) is 5.26 Å². The van der Waals surface area contributed by atoms with Crippen LogP contribution in [0.4, 0.5) is 0 Å². The first kappa shape index (κ1) is 30.4. The monoisotopic (exact) mass is 637 g/mol. The van der Waals surface area contributed by atoms with Crippen molar-refractivity contribution in [2.45, 2.75) is 0 Å². The zero-order chi connectivity index (χ0) is 33.7. The average molecular weight is 638 g/mol. The Morgan fingerprint density at radius 2 is 0.480 bits per heavy atom. The number of hydrogen-bond acceptors (Lipinski definition) is 3. The van der Waals surface area contributed by atoms with Crippen LogP contribution in [0.3, 0.4) is 0 Å². The molecule has 0 radical (unpaired) electrons. The fourth-order valence-corrected chi connectivity index (χ4v) is 6.30. The van der Waals surface area contributed by atoms with Gasteiger partial charge in [-0.25, -0.2) is 9.97 Å². The molecule has 7 aromatic carbocycles. The molecule has 1 heterocycles. The number of benzene rings is 7. The number of rotatable bonds is 7. The van der Waals surface area contributed by atoms with Crippen LogP contribution >= 0.6 is 0 Å². The van der Waals surface area contributed by atoms with Crippen LogP contribution in [-0.4, -0.2) is 9.97 Å². The van der Waals surface area contributed by atoms with Crippen molar-refractivity contribution in [2.75, 3.05) is 0 Å². The lowest BCUT2D eigenvalue weighted by molar-refractivity contribution is 1.21. The molecule has 0 atom stereocenters. The van der Waals surface area contributed by atoms with E-state index in [1.807, 2.05) is 78.9 Å². The molecular weight excluding hydrogens is 607 g/mol. The second-order valence-corrected chi connectivity index (χ2v) is 12.1. The molecule has 8 aromatic rings. The molecular formula is C47H31N3. The molecule has 0 saturated carbocycles. The first-order chi connectivity index (χ1) is 24.7. The molecule has 0 amide bonds. The van der Waals surface area contributed by atoms with Gasteiger partial charge in [-0.3, -0.25) is 0 Å². The molecule has 0 spiro atoms. The highest BCUT2D eigenvalue weighted by molar-refractivity contribution is 5.87.